The largest absolute Gasteiger partial charge is 0.497 e. The number of rotatable bonds is 5. The summed E-state index contributed by atoms with van der Waals surface area (Å²) in [6.45, 7) is 0. The monoisotopic (exact) mass is 308 g/mol. The summed E-state index contributed by atoms with van der Waals surface area (Å²) in [5.41, 5.74) is 2.55. The number of hydrogen-bond donors (Lipinski definition) is 0. The minimum absolute atomic E-state index is 0.205. The van der Waals surface area contributed by atoms with E-state index in [0.29, 0.717) is 5.78 Å². The predicted molar refractivity (Wildman–Crippen MR) is 92.9 cm³/mol. The summed E-state index contributed by atoms with van der Waals surface area (Å²) in [4.78, 5) is 12.3. The highest BCUT2D eigenvalue weighted by Gasteiger charge is 2.27. The van der Waals surface area contributed by atoms with E-state index in [1.807, 2.05) is 18.2 Å². The molecule has 0 radical (unpaired) electrons. The van der Waals surface area contributed by atoms with Gasteiger partial charge in [0.1, 0.15) is 11.5 Å². The molecule has 3 rings (SSSR count). The van der Waals surface area contributed by atoms with Gasteiger partial charge in [-0.1, -0.05) is 48.9 Å². The maximum absolute atomic E-state index is 12.3. The smallest absolute Gasteiger partial charge is 0.136 e. The molecule has 2 unspecified atom stereocenters. The van der Waals surface area contributed by atoms with Crippen LogP contribution in [0.15, 0.2) is 54.6 Å². The maximum atomic E-state index is 12.3. The van der Waals surface area contributed by atoms with Crippen molar-refractivity contribution in [1.82, 2.24) is 0 Å². The first-order valence-corrected chi connectivity index (χ1v) is 8.49. The second kappa shape index (κ2) is 7.45. The number of methoxy groups -OCH3 is 1. The number of ether oxygens (including phenoxy) is 1. The van der Waals surface area contributed by atoms with E-state index in [1.54, 1.807) is 7.11 Å². The van der Waals surface area contributed by atoms with E-state index in [-0.39, 0.29) is 11.8 Å². The average molecular weight is 308 g/mol. The molecule has 0 heterocycles. The third-order valence-corrected chi connectivity index (χ3v) is 4.92. The molecule has 2 heteroatoms. The zero-order valence-electron chi connectivity index (χ0n) is 13.7. The van der Waals surface area contributed by atoms with Gasteiger partial charge in [-0.2, -0.15) is 0 Å². The fourth-order valence-corrected chi connectivity index (χ4v) is 3.58. The first-order chi connectivity index (χ1) is 11.3. The molecule has 0 spiro atoms. The van der Waals surface area contributed by atoms with E-state index in [9.17, 15) is 4.79 Å². The molecule has 1 saturated carbocycles. The number of ketones is 1. The van der Waals surface area contributed by atoms with Gasteiger partial charge < -0.3 is 4.74 Å². The van der Waals surface area contributed by atoms with Crippen molar-refractivity contribution in [2.75, 3.05) is 7.11 Å². The minimum atomic E-state index is 0.205. The average Bonchev–Trinajstić information content (AvgIpc) is 2.62. The molecule has 1 aliphatic carbocycles. The molecule has 23 heavy (non-hydrogen) atoms. The van der Waals surface area contributed by atoms with Gasteiger partial charge in [-0.05, 0) is 42.5 Å². The van der Waals surface area contributed by atoms with Crippen molar-refractivity contribution in [2.24, 2.45) is 5.92 Å². The molecule has 0 N–H and O–H groups in total. The summed E-state index contributed by atoms with van der Waals surface area (Å²) in [7, 11) is 1.68. The normalized spacial score (nSPS) is 19.3. The van der Waals surface area contributed by atoms with Gasteiger partial charge in [-0.3, -0.25) is 4.79 Å². The zero-order valence-corrected chi connectivity index (χ0v) is 13.7. The van der Waals surface area contributed by atoms with Gasteiger partial charge in [0.25, 0.3) is 0 Å². The Hall–Kier alpha value is -2.09. The van der Waals surface area contributed by atoms with Crippen molar-refractivity contribution in [3.63, 3.8) is 0 Å². The Morgan fingerprint density at radius 1 is 1.00 bits per heavy atom. The van der Waals surface area contributed by atoms with Crippen molar-refractivity contribution in [1.29, 1.82) is 0 Å². The summed E-state index contributed by atoms with van der Waals surface area (Å²) >= 11 is 0. The maximum Gasteiger partial charge on any atom is 0.136 e. The van der Waals surface area contributed by atoms with Crippen molar-refractivity contribution >= 4 is 5.78 Å². The van der Waals surface area contributed by atoms with Crippen LogP contribution in [0.5, 0.6) is 5.75 Å². The lowest BCUT2D eigenvalue weighted by Crippen LogP contribution is -2.21. The van der Waals surface area contributed by atoms with Crippen LogP contribution in [0.25, 0.3) is 0 Å². The number of carbonyl (C=O) groups excluding carboxylic acids is 1. The molecule has 0 aromatic heterocycles. The van der Waals surface area contributed by atoms with Crippen LogP contribution in [0, 0.1) is 5.92 Å². The molecule has 2 nitrogen and oxygen atoms in total. The van der Waals surface area contributed by atoms with Gasteiger partial charge in [-0.25, -0.2) is 0 Å². The highest BCUT2D eigenvalue weighted by molar-refractivity contribution is 5.81. The molecule has 1 aliphatic rings. The lowest BCUT2D eigenvalue weighted by atomic mass is 9.77. The fraction of sp³-hybridized carbons (Fsp3) is 0.381. The van der Waals surface area contributed by atoms with Crippen LogP contribution >= 0.6 is 0 Å². The van der Waals surface area contributed by atoms with Gasteiger partial charge in [-0.15, -0.1) is 0 Å². The van der Waals surface area contributed by atoms with E-state index >= 15 is 0 Å². The van der Waals surface area contributed by atoms with Crippen LogP contribution in [-0.4, -0.2) is 12.9 Å². The molecule has 2 atom stereocenters. The molecule has 0 saturated heterocycles. The van der Waals surface area contributed by atoms with Crippen LogP contribution in [0.2, 0.25) is 0 Å². The fourth-order valence-electron chi connectivity index (χ4n) is 3.58. The Balaban J connectivity index is 1.88. The summed E-state index contributed by atoms with van der Waals surface area (Å²) in [5.74, 6) is 1.80. The van der Waals surface area contributed by atoms with Gasteiger partial charge >= 0.3 is 0 Å². The standard InChI is InChI=1S/C21H24O2/c1-23-19-13-11-17(12-14-19)20(16-7-3-2-4-8-16)15-18-9-5-6-10-21(18)22/h2-4,7-8,11-14,18,20H,5-6,9-10,15H2,1H3. The van der Waals surface area contributed by atoms with E-state index in [2.05, 4.69) is 36.4 Å². The van der Waals surface area contributed by atoms with Crippen LogP contribution in [0.1, 0.15) is 49.1 Å². The highest BCUT2D eigenvalue weighted by atomic mass is 16.5. The molecule has 0 bridgehead atoms. The van der Waals surface area contributed by atoms with E-state index in [4.69, 9.17) is 4.74 Å². The topological polar surface area (TPSA) is 26.3 Å². The van der Waals surface area contributed by atoms with Crippen molar-refractivity contribution < 1.29 is 9.53 Å². The van der Waals surface area contributed by atoms with E-state index < -0.39 is 0 Å². The third-order valence-electron chi connectivity index (χ3n) is 4.92. The number of Topliss-reactive ketones (excluding diaryl/α,β-unsaturated/α-hetero) is 1. The Bertz CT molecular complexity index is 631. The van der Waals surface area contributed by atoms with Gasteiger partial charge in [0.2, 0.25) is 0 Å². The quantitative estimate of drug-likeness (QED) is 0.779. The molecule has 120 valence electrons. The lowest BCUT2D eigenvalue weighted by molar-refractivity contribution is -0.124. The molecule has 2 aromatic carbocycles. The van der Waals surface area contributed by atoms with E-state index in [1.165, 1.54) is 17.5 Å². The van der Waals surface area contributed by atoms with Gasteiger partial charge in [0, 0.05) is 18.3 Å². The molecule has 0 amide bonds. The van der Waals surface area contributed by atoms with Crippen molar-refractivity contribution in [3.8, 4) is 5.75 Å². The SMILES string of the molecule is COc1ccc(C(CC2CCCCC2=O)c2ccccc2)cc1. The van der Waals surface area contributed by atoms with Crippen molar-refractivity contribution in [2.45, 2.75) is 38.0 Å². The second-order valence-corrected chi connectivity index (χ2v) is 6.38. The molecule has 1 fully saturated rings. The number of hydrogen-bond acceptors (Lipinski definition) is 2. The van der Waals surface area contributed by atoms with Crippen LogP contribution in [0.4, 0.5) is 0 Å². The second-order valence-electron chi connectivity index (χ2n) is 6.38. The number of benzene rings is 2. The zero-order chi connectivity index (χ0) is 16.1. The van der Waals surface area contributed by atoms with Crippen LogP contribution < -0.4 is 4.74 Å². The Kier molecular flexibility index (Phi) is 5.12. The van der Waals surface area contributed by atoms with Crippen molar-refractivity contribution in [3.05, 3.63) is 65.7 Å². The van der Waals surface area contributed by atoms with Crippen LogP contribution in [-0.2, 0) is 4.79 Å². The first-order valence-electron chi connectivity index (χ1n) is 8.49. The van der Waals surface area contributed by atoms with Gasteiger partial charge in [0.15, 0.2) is 0 Å². The number of carbonyl (C=O) groups is 1. The minimum Gasteiger partial charge on any atom is -0.497 e. The Morgan fingerprint density at radius 3 is 2.35 bits per heavy atom. The molecule has 0 aliphatic heterocycles. The molecule has 2 aromatic rings. The summed E-state index contributed by atoms with van der Waals surface area (Å²) < 4.78 is 5.27. The van der Waals surface area contributed by atoms with Gasteiger partial charge in [0.05, 0.1) is 7.11 Å². The summed E-state index contributed by atoms with van der Waals surface area (Å²) in [5, 5.41) is 0. The first kappa shape index (κ1) is 15.8. The third kappa shape index (κ3) is 3.82. The Labute approximate surface area is 138 Å². The van der Waals surface area contributed by atoms with E-state index in [0.717, 1.165) is 31.4 Å². The summed E-state index contributed by atoms with van der Waals surface area (Å²) in [6.07, 6.45) is 4.96. The summed E-state index contributed by atoms with van der Waals surface area (Å²) in [6, 6.07) is 18.8. The molecular weight excluding hydrogens is 284 g/mol. The molecular formula is C21H24O2. The lowest BCUT2D eigenvalue weighted by Gasteiger charge is -2.26. The van der Waals surface area contributed by atoms with Crippen LogP contribution in [0.3, 0.4) is 0 Å². The predicted octanol–water partition coefficient (Wildman–Crippen LogP) is 4.98. The Morgan fingerprint density at radius 2 is 1.70 bits per heavy atom. The highest BCUT2D eigenvalue weighted by Crippen LogP contribution is 2.36.